The van der Waals surface area contributed by atoms with Gasteiger partial charge in [-0.1, -0.05) is 39.7 Å². The molecule has 1 atom stereocenters. The molecule has 0 bridgehead atoms. The fourth-order valence-electron chi connectivity index (χ4n) is 1.53. The molecular formula is C13H7BrClF2I. The Labute approximate surface area is 131 Å². The monoisotopic (exact) mass is 442 g/mol. The van der Waals surface area contributed by atoms with Crippen molar-refractivity contribution in [3.8, 4) is 0 Å². The molecule has 18 heavy (non-hydrogen) atoms. The molecule has 0 saturated carbocycles. The highest BCUT2D eigenvalue weighted by Gasteiger charge is 2.14. The Balaban J connectivity index is 2.37. The Morgan fingerprint density at radius 3 is 2.22 bits per heavy atom. The molecule has 0 aliphatic rings. The SMILES string of the molecule is Fc1ccc(C(Br)c2ccc(I)c(Cl)c2)cc1F. The predicted octanol–water partition coefficient (Wildman–Crippen LogP) is 5.71. The van der Waals surface area contributed by atoms with Crippen LogP contribution in [0, 0.1) is 15.2 Å². The molecule has 1 unspecified atom stereocenters. The number of hydrogen-bond acceptors (Lipinski definition) is 0. The smallest absolute Gasteiger partial charge is 0.159 e. The zero-order valence-corrected chi connectivity index (χ0v) is 13.4. The van der Waals surface area contributed by atoms with Gasteiger partial charge in [0.05, 0.1) is 9.85 Å². The van der Waals surface area contributed by atoms with Crippen molar-refractivity contribution in [2.45, 2.75) is 4.83 Å². The molecule has 0 fully saturated rings. The second-order valence-electron chi connectivity index (χ2n) is 3.71. The molecule has 2 aromatic rings. The van der Waals surface area contributed by atoms with E-state index in [2.05, 4.69) is 38.5 Å². The van der Waals surface area contributed by atoms with Gasteiger partial charge in [0.1, 0.15) is 0 Å². The van der Waals surface area contributed by atoms with Crippen LogP contribution in [0.4, 0.5) is 8.78 Å². The molecule has 5 heteroatoms. The van der Waals surface area contributed by atoms with E-state index in [0.29, 0.717) is 10.6 Å². The van der Waals surface area contributed by atoms with Gasteiger partial charge in [0.25, 0.3) is 0 Å². The minimum atomic E-state index is -0.853. The Kier molecular flexibility index (Phi) is 4.61. The van der Waals surface area contributed by atoms with Gasteiger partial charge in [0.15, 0.2) is 11.6 Å². The van der Waals surface area contributed by atoms with Crippen molar-refractivity contribution in [1.29, 1.82) is 0 Å². The molecule has 2 aromatic carbocycles. The van der Waals surface area contributed by atoms with E-state index >= 15 is 0 Å². The minimum absolute atomic E-state index is 0.220. The van der Waals surface area contributed by atoms with Crippen molar-refractivity contribution in [3.63, 3.8) is 0 Å². The van der Waals surface area contributed by atoms with Crippen LogP contribution in [0.1, 0.15) is 16.0 Å². The van der Waals surface area contributed by atoms with Gasteiger partial charge in [0, 0.05) is 3.57 Å². The van der Waals surface area contributed by atoms with Gasteiger partial charge in [-0.3, -0.25) is 0 Å². The summed E-state index contributed by atoms with van der Waals surface area (Å²) in [7, 11) is 0. The zero-order chi connectivity index (χ0) is 13.3. The second kappa shape index (κ2) is 5.84. The van der Waals surface area contributed by atoms with E-state index in [1.165, 1.54) is 6.07 Å². The number of benzene rings is 2. The Bertz CT molecular complexity index is 538. The van der Waals surface area contributed by atoms with Crippen molar-refractivity contribution >= 4 is 50.1 Å². The molecule has 94 valence electrons. The molecular weight excluding hydrogens is 436 g/mol. The predicted molar refractivity (Wildman–Crippen MR) is 81.3 cm³/mol. The summed E-state index contributed by atoms with van der Waals surface area (Å²) in [5, 5.41) is 0.639. The van der Waals surface area contributed by atoms with E-state index in [4.69, 9.17) is 11.6 Å². The Morgan fingerprint density at radius 1 is 1.00 bits per heavy atom. The lowest BCUT2D eigenvalue weighted by Gasteiger charge is -2.12. The highest BCUT2D eigenvalue weighted by Crippen LogP contribution is 2.33. The van der Waals surface area contributed by atoms with Crippen molar-refractivity contribution in [1.82, 2.24) is 0 Å². The largest absolute Gasteiger partial charge is 0.204 e. The molecule has 0 saturated heterocycles. The van der Waals surface area contributed by atoms with E-state index in [0.717, 1.165) is 15.2 Å². The number of rotatable bonds is 2. The van der Waals surface area contributed by atoms with E-state index in [1.54, 1.807) is 6.07 Å². The first-order valence-corrected chi connectivity index (χ1v) is 7.40. The number of hydrogen-bond donors (Lipinski definition) is 0. The third-order valence-electron chi connectivity index (χ3n) is 2.47. The molecule has 0 nitrogen and oxygen atoms in total. The van der Waals surface area contributed by atoms with Gasteiger partial charge >= 0.3 is 0 Å². The van der Waals surface area contributed by atoms with Crippen LogP contribution in [0.5, 0.6) is 0 Å². The second-order valence-corrected chi connectivity index (χ2v) is 6.19. The van der Waals surface area contributed by atoms with Crippen LogP contribution in [0.25, 0.3) is 0 Å². The summed E-state index contributed by atoms with van der Waals surface area (Å²) in [6.07, 6.45) is 0. The van der Waals surface area contributed by atoms with Gasteiger partial charge in [-0.25, -0.2) is 8.78 Å². The van der Waals surface area contributed by atoms with Gasteiger partial charge in [0.2, 0.25) is 0 Å². The third kappa shape index (κ3) is 3.03. The van der Waals surface area contributed by atoms with E-state index < -0.39 is 11.6 Å². The molecule has 0 amide bonds. The Morgan fingerprint density at radius 2 is 1.61 bits per heavy atom. The lowest BCUT2D eigenvalue weighted by atomic mass is 10.0. The lowest BCUT2D eigenvalue weighted by Crippen LogP contribution is -1.95. The highest BCUT2D eigenvalue weighted by atomic mass is 127. The van der Waals surface area contributed by atoms with Crippen LogP contribution in [0.3, 0.4) is 0 Å². The van der Waals surface area contributed by atoms with Crippen molar-refractivity contribution < 1.29 is 8.78 Å². The molecule has 0 radical (unpaired) electrons. The average Bonchev–Trinajstić information content (AvgIpc) is 2.35. The molecule has 0 spiro atoms. The molecule has 0 aliphatic heterocycles. The fraction of sp³-hybridized carbons (Fsp3) is 0.0769. The summed E-state index contributed by atoms with van der Waals surface area (Å²) in [4.78, 5) is -0.220. The van der Waals surface area contributed by atoms with Crippen LogP contribution in [-0.2, 0) is 0 Å². The van der Waals surface area contributed by atoms with Gasteiger partial charge < -0.3 is 0 Å². The van der Waals surface area contributed by atoms with Gasteiger partial charge in [-0.05, 0) is 58.0 Å². The van der Waals surface area contributed by atoms with Crippen LogP contribution >= 0.6 is 50.1 Å². The summed E-state index contributed by atoms with van der Waals surface area (Å²) in [6, 6.07) is 9.43. The maximum atomic E-state index is 13.2. The van der Waals surface area contributed by atoms with E-state index in [9.17, 15) is 8.78 Å². The summed E-state index contributed by atoms with van der Waals surface area (Å²) >= 11 is 11.6. The third-order valence-corrected chi connectivity index (χ3v) is 5.10. The molecule has 0 aromatic heterocycles. The first-order valence-electron chi connectivity index (χ1n) is 5.03. The molecule has 0 aliphatic carbocycles. The summed E-state index contributed by atoms with van der Waals surface area (Å²) in [5.41, 5.74) is 1.54. The topological polar surface area (TPSA) is 0 Å². The van der Waals surface area contributed by atoms with Gasteiger partial charge in [-0.2, -0.15) is 0 Å². The first kappa shape index (κ1) is 14.2. The van der Waals surface area contributed by atoms with E-state index in [-0.39, 0.29) is 4.83 Å². The minimum Gasteiger partial charge on any atom is -0.204 e. The van der Waals surface area contributed by atoms with E-state index in [1.807, 2.05) is 18.2 Å². The maximum Gasteiger partial charge on any atom is 0.159 e. The van der Waals surface area contributed by atoms with Crippen molar-refractivity contribution in [3.05, 3.63) is 67.8 Å². The zero-order valence-electron chi connectivity index (χ0n) is 8.93. The van der Waals surface area contributed by atoms with Crippen molar-refractivity contribution in [2.75, 3.05) is 0 Å². The number of halogens is 5. The summed E-state index contributed by atoms with van der Waals surface area (Å²) in [5.74, 6) is -1.70. The lowest BCUT2D eigenvalue weighted by molar-refractivity contribution is 0.507. The van der Waals surface area contributed by atoms with Crippen LogP contribution in [0.15, 0.2) is 36.4 Å². The van der Waals surface area contributed by atoms with Crippen molar-refractivity contribution in [2.24, 2.45) is 0 Å². The summed E-state index contributed by atoms with van der Waals surface area (Å²) < 4.78 is 27.0. The quantitative estimate of drug-likeness (QED) is 0.412. The molecule has 0 heterocycles. The normalized spacial score (nSPS) is 12.5. The molecule has 0 N–H and O–H groups in total. The van der Waals surface area contributed by atoms with Crippen LogP contribution in [-0.4, -0.2) is 0 Å². The standard InChI is InChI=1S/C13H7BrClF2I/c14-13(7-2-4-12(18)9(15)5-7)8-1-3-10(16)11(17)6-8/h1-6,13H. The highest BCUT2D eigenvalue weighted by molar-refractivity contribution is 14.1. The first-order chi connectivity index (χ1) is 8.49. The Hall–Kier alpha value is -0.200. The number of alkyl halides is 1. The molecule has 2 rings (SSSR count). The fourth-order valence-corrected chi connectivity index (χ4v) is 2.63. The van der Waals surface area contributed by atoms with Crippen LogP contribution in [0.2, 0.25) is 5.02 Å². The average molecular weight is 443 g/mol. The summed E-state index contributed by atoms with van der Waals surface area (Å²) in [6.45, 7) is 0. The maximum absolute atomic E-state index is 13.2. The van der Waals surface area contributed by atoms with Crippen LogP contribution < -0.4 is 0 Å². The van der Waals surface area contributed by atoms with Gasteiger partial charge in [-0.15, -0.1) is 0 Å².